The van der Waals surface area contributed by atoms with Gasteiger partial charge in [-0.15, -0.1) is 11.6 Å². The quantitative estimate of drug-likeness (QED) is 0.504. The lowest BCUT2D eigenvalue weighted by atomic mass is 9.92. The number of aromatic amines is 1. The van der Waals surface area contributed by atoms with Crippen LogP contribution in [0.15, 0.2) is 53.3 Å². The molecule has 31 heavy (non-hydrogen) atoms. The molecule has 0 saturated carbocycles. The minimum atomic E-state index is -4.73. The Morgan fingerprint density at radius 3 is 2.58 bits per heavy atom. The van der Waals surface area contributed by atoms with E-state index in [9.17, 15) is 22.8 Å². The van der Waals surface area contributed by atoms with Gasteiger partial charge >= 0.3 is 6.18 Å². The van der Waals surface area contributed by atoms with Gasteiger partial charge in [-0.3, -0.25) is 9.59 Å². The molecule has 0 fully saturated rings. The van der Waals surface area contributed by atoms with E-state index in [1.165, 1.54) is 0 Å². The van der Waals surface area contributed by atoms with Crippen molar-refractivity contribution in [1.82, 2.24) is 10.3 Å². The van der Waals surface area contributed by atoms with Gasteiger partial charge in [0, 0.05) is 21.7 Å². The minimum Gasteiger partial charge on any atom is -0.456 e. The molecule has 1 unspecified atom stereocenters. The molecule has 10 heteroatoms. The third-order valence-electron chi connectivity index (χ3n) is 4.82. The number of nitrogens with one attached hydrogen (secondary N) is 2. The molecule has 160 valence electrons. The van der Waals surface area contributed by atoms with Crippen LogP contribution in [0, 0.1) is 0 Å². The molecule has 2 N–H and O–H groups in total. The lowest BCUT2D eigenvalue weighted by molar-refractivity contribution is -0.141. The highest BCUT2D eigenvalue weighted by atomic mass is 35.5. The van der Waals surface area contributed by atoms with Gasteiger partial charge < -0.3 is 15.0 Å². The number of ether oxygens (including phenoxy) is 1. The first-order valence-electron chi connectivity index (χ1n) is 8.95. The summed E-state index contributed by atoms with van der Waals surface area (Å²) in [4.78, 5) is 26.7. The van der Waals surface area contributed by atoms with E-state index in [1.807, 2.05) is 0 Å². The number of carbonyl (C=O) groups excluding carboxylic acids is 1. The molecule has 0 spiro atoms. The van der Waals surface area contributed by atoms with Crippen LogP contribution in [0.2, 0.25) is 5.02 Å². The summed E-state index contributed by atoms with van der Waals surface area (Å²) in [5, 5.41) is 3.12. The average Bonchev–Trinajstić information content (AvgIpc) is 2.72. The number of fused-ring (bicyclic) bond motifs is 2. The molecule has 2 heterocycles. The molecule has 0 saturated heterocycles. The van der Waals surface area contributed by atoms with Crippen LogP contribution in [-0.2, 0) is 12.1 Å². The molecule has 0 aliphatic carbocycles. The largest absolute Gasteiger partial charge is 0.456 e. The van der Waals surface area contributed by atoms with E-state index in [0.29, 0.717) is 39.3 Å². The topological polar surface area (TPSA) is 71.2 Å². The van der Waals surface area contributed by atoms with Crippen molar-refractivity contribution in [3.63, 3.8) is 0 Å². The maximum absolute atomic E-state index is 12.8. The van der Waals surface area contributed by atoms with Gasteiger partial charge in [0.15, 0.2) is 0 Å². The Hall–Kier alpha value is -2.97. The van der Waals surface area contributed by atoms with E-state index in [2.05, 4.69) is 5.32 Å². The van der Waals surface area contributed by atoms with Crippen molar-refractivity contribution in [3.05, 3.63) is 91.9 Å². The molecule has 1 aliphatic rings. The van der Waals surface area contributed by atoms with Crippen molar-refractivity contribution in [2.24, 2.45) is 0 Å². The van der Waals surface area contributed by atoms with Crippen molar-refractivity contribution in [2.45, 2.75) is 18.1 Å². The zero-order valence-electron chi connectivity index (χ0n) is 15.5. The van der Waals surface area contributed by atoms with Gasteiger partial charge in [0.25, 0.3) is 11.5 Å². The SMILES string of the molecule is O=C(NC1c2ccc(Cl)cc2Oc2c(CCl)cccc21)c1ccc(C(F)(F)F)[nH]c1=O. The predicted octanol–water partition coefficient (Wildman–Crippen LogP) is 5.41. The summed E-state index contributed by atoms with van der Waals surface area (Å²) in [6.07, 6.45) is -4.73. The van der Waals surface area contributed by atoms with Gasteiger partial charge in [0.05, 0.1) is 11.9 Å². The number of H-pyrrole nitrogens is 1. The monoisotopic (exact) mass is 468 g/mol. The lowest BCUT2D eigenvalue weighted by Crippen LogP contribution is -2.35. The number of hydrogen-bond donors (Lipinski definition) is 2. The predicted molar refractivity (Wildman–Crippen MR) is 109 cm³/mol. The molecule has 1 atom stereocenters. The fourth-order valence-electron chi connectivity index (χ4n) is 3.36. The van der Waals surface area contributed by atoms with Crippen LogP contribution in [0.4, 0.5) is 13.2 Å². The molecule has 0 bridgehead atoms. The van der Waals surface area contributed by atoms with Gasteiger partial charge in [-0.1, -0.05) is 35.9 Å². The van der Waals surface area contributed by atoms with Crippen LogP contribution < -0.4 is 15.6 Å². The second kappa shape index (κ2) is 7.94. The van der Waals surface area contributed by atoms with Crippen LogP contribution in [0.1, 0.15) is 38.8 Å². The smallest absolute Gasteiger partial charge is 0.431 e. The maximum atomic E-state index is 12.8. The van der Waals surface area contributed by atoms with Gasteiger partial charge in [0.1, 0.15) is 22.8 Å². The first-order valence-corrected chi connectivity index (χ1v) is 9.86. The average molecular weight is 469 g/mol. The van der Waals surface area contributed by atoms with E-state index < -0.39 is 34.9 Å². The number of amides is 1. The standard InChI is InChI=1S/C21H13Cl2F3N2O3/c22-9-10-2-1-3-13-17(12-5-4-11(23)8-15(12)31-18(10)13)28-20(30)14-6-7-16(21(24,25)26)27-19(14)29/h1-8,17H,9H2,(H,27,29)(H,28,30). The molecule has 3 aromatic rings. The van der Waals surface area contributed by atoms with Crippen molar-refractivity contribution in [2.75, 3.05) is 0 Å². The molecule has 0 radical (unpaired) electrons. The van der Waals surface area contributed by atoms with Gasteiger partial charge in [-0.25, -0.2) is 0 Å². The molecular weight excluding hydrogens is 456 g/mol. The van der Waals surface area contributed by atoms with E-state index in [4.69, 9.17) is 27.9 Å². The first kappa shape index (κ1) is 21.3. The molecule has 4 rings (SSSR count). The van der Waals surface area contributed by atoms with Crippen molar-refractivity contribution < 1.29 is 22.7 Å². The molecular formula is C21H13Cl2F3N2O3. The first-order chi connectivity index (χ1) is 14.7. The highest BCUT2D eigenvalue weighted by Gasteiger charge is 2.34. The number of pyridine rings is 1. The maximum Gasteiger partial charge on any atom is 0.431 e. The lowest BCUT2D eigenvalue weighted by Gasteiger charge is -2.30. The van der Waals surface area contributed by atoms with Crippen molar-refractivity contribution in [3.8, 4) is 11.5 Å². The zero-order valence-corrected chi connectivity index (χ0v) is 17.0. The van der Waals surface area contributed by atoms with E-state index in [1.54, 1.807) is 41.4 Å². The number of carbonyl (C=O) groups is 1. The third-order valence-corrected chi connectivity index (χ3v) is 5.34. The number of benzene rings is 2. The van der Waals surface area contributed by atoms with Crippen LogP contribution in [0.3, 0.4) is 0 Å². The Morgan fingerprint density at radius 2 is 1.90 bits per heavy atom. The number of alkyl halides is 4. The van der Waals surface area contributed by atoms with E-state index in [-0.39, 0.29) is 5.88 Å². The molecule has 1 aromatic heterocycles. The fraction of sp³-hybridized carbons (Fsp3) is 0.143. The molecule has 5 nitrogen and oxygen atoms in total. The highest BCUT2D eigenvalue weighted by Crippen LogP contribution is 2.45. The summed E-state index contributed by atoms with van der Waals surface area (Å²) in [6, 6.07) is 10.8. The van der Waals surface area contributed by atoms with Crippen LogP contribution >= 0.6 is 23.2 Å². The summed E-state index contributed by atoms with van der Waals surface area (Å²) in [5.41, 5.74) is -1.01. The minimum absolute atomic E-state index is 0.151. The Bertz CT molecular complexity index is 1240. The van der Waals surface area contributed by atoms with E-state index in [0.717, 1.165) is 6.07 Å². The molecule has 2 aromatic carbocycles. The Balaban J connectivity index is 1.75. The number of halogens is 5. The summed E-state index contributed by atoms with van der Waals surface area (Å²) in [7, 11) is 0. The van der Waals surface area contributed by atoms with E-state index >= 15 is 0 Å². The zero-order chi connectivity index (χ0) is 22.3. The van der Waals surface area contributed by atoms with Crippen LogP contribution in [0.25, 0.3) is 0 Å². The van der Waals surface area contributed by atoms with Crippen LogP contribution in [-0.4, -0.2) is 10.9 Å². The summed E-state index contributed by atoms with van der Waals surface area (Å²) >= 11 is 12.1. The Morgan fingerprint density at radius 1 is 1.13 bits per heavy atom. The molecule has 1 aliphatic heterocycles. The summed E-state index contributed by atoms with van der Waals surface area (Å²) in [6.45, 7) is 0. The highest BCUT2D eigenvalue weighted by molar-refractivity contribution is 6.30. The fourth-order valence-corrected chi connectivity index (χ4v) is 3.73. The summed E-state index contributed by atoms with van der Waals surface area (Å²) < 4.78 is 44.4. The second-order valence-electron chi connectivity index (χ2n) is 6.77. The van der Waals surface area contributed by atoms with Crippen molar-refractivity contribution in [1.29, 1.82) is 0 Å². The van der Waals surface area contributed by atoms with Gasteiger partial charge in [0.2, 0.25) is 0 Å². The van der Waals surface area contributed by atoms with Crippen molar-refractivity contribution >= 4 is 29.1 Å². The van der Waals surface area contributed by atoms with Gasteiger partial charge in [-0.2, -0.15) is 13.2 Å². The number of rotatable bonds is 3. The summed E-state index contributed by atoms with van der Waals surface area (Å²) in [5.74, 6) is 0.145. The number of aromatic nitrogens is 1. The van der Waals surface area contributed by atoms with Crippen LogP contribution in [0.5, 0.6) is 11.5 Å². The molecule has 1 amide bonds. The second-order valence-corrected chi connectivity index (χ2v) is 7.48. The third kappa shape index (κ3) is 4.00. The Labute approximate surface area is 183 Å². The normalized spacial score (nSPS) is 14.9. The number of para-hydroxylation sites is 1. The number of hydrogen-bond acceptors (Lipinski definition) is 3. The van der Waals surface area contributed by atoms with Gasteiger partial charge in [-0.05, 0) is 24.3 Å². The Kier molecular flexibility index (Phi) is 5.45.